The van der Waals surface area contributed by atoms with Gasteiger partial charge in [-0.2, -0.15) is 0 Å². The van der Waals surface area contributed by atoms with Crippen LogP contribution in [0.25, 0.3) is 10.9 Å². The maximum Gasteiger partial charge on any atom is 0.268 e. The topological polar surface area (TPSA) is 106 Å². The van der Waals surface area contributed by atoms with Crippen LogP contribution < -0.4 is 9.64 Å². The van der Waals surface area contributed by atoms with Crippen molar-refractivity contribution >= 4 is 32.5 Å². The molecule has 1 amide bonds. The monoisotopic (exact) mass is 670 g/mol. The summed E-state index contributed by atoms with van der Waals surface area (Å²) in [6, 6.07) is 27.2. The standard InChI is InChI=1S/C37H38N2O8S/c1-26-14-16-31(17-15-26)48(41,42)39-20-30(23-46-25-44-3)35-34-29(22-45-24-43-2)19-38(37(40)28-12-8-5-9-13-28)32(34)18-33(36(35)39)47-21-27-10-6-4-7-11-27/h4-18,20,29H,19,21-25H2,1-3H3. The van der Waals surface area contributed by atoms with Gasteiger partial charge in [0.1, 0.15) is 31.5 Å². The van der Waals surface area contributed by atoms with E-state index >= 15 is 0 Å². The fraction of sp³-hybridized carbons (Fsp3) is 0.270. The Kier molecular flexibility index (Phi) is 10.2. The molecule has 0 bridgehead atoms. The van der Waals surface area contributed by atoms with Crippen LogP contribution in [0.2, 0.25) is 0 Å². The van der Waals surface area contributed by atoms with Gasteiger partial charge >= 0.3 is 0 Å². The maximum absolute atomic E-state index is 14.4. The van der Waals surface area contributed by atoms with Gasteiger partial charge in [-0.05, 0) is 42.3 Å². The number of amides is 1. The molecule has 10 nitrogen and oxygen atoms in total. The lowest BCUT2D eigenvalue weighted by molar-refractivity contribution is -0.0388. The molecule has 250 valence electrons. The highest BCUT2D eigenvalue weighted by Gasteiger charge is 2.38. The highest BCUT2D eigenvalue weighted by molar-refractivity contribution is 7.90. The molecule has 1 aliphatic heterocycles. The fourth-order valence-electron chi connectivity index (χ4n) is 6.05. The molecular weight excluding hydrogens is 632 g/mol. The van der Waals surface area contributed by atoms with Gasteiger partial charge in [0.15, 0.2) is 0 Å². The van der Waals surface area contributed by atoms with Crippen molar-refractivity contribution in [2.75, 3.05) is 45.9 Å². The predicted octanol–water partition coefficient (Wildman–Crippen LogP) is 6.25. The summed E-state index contributed by atoms with van der Waals surface area (Å²) in [4.78, 5) is 15.9. The van der Waals surface area contributed by atoms with Crippen molar-refractivity contribution in [2.45, 2.75) is 31.0 Å². The van der Waals surface area contributed by atoms with Gasteiger partial charge in [0.25, 0.3) is 15.9 Å². The number of hydrogen-bond acceptors (Lipinski definition) is 8. The van der Waals surface area contributed by atoms with Crippen LogP contribution in [0.4, 0.5) is 5.69 Å². The smallest absolute Gasteiger partial charge is 0.268 e. The van der Waals surface area contributed by atoms with Gasteiger partial charge in [-0.1, -0.05) is 66.2 Å². The molecule has 2 heterocycles. The molecule has 0 saturated heterocycles. The van der Waals surface area contributed by atoms with E-state index in [1.165, 1.54) is 11.1 Å². The number of carbonyl (C=O) groups excluding carboxylic acids is 1. The number of nitrogens with zero attached hydrogens (tertiary/aromatic N) is 2. The summed E-state index contributed by atoms with van der Waals surface area (Å²) in [5.41, 5.74) is 4.70. The first-order chi connectivity index (χ1) is 23.3. The van der Waals surface area contributed by atoms with E-state index in [0.717, 1.165) is 16.7 Å². The quantitative estimate of drug-likeness (QED) is 0.101. The molecule has 1 atom stereocenters. The Morgan fingerprint density at radius 1 is 0.854 bits per heavy atom. The van der Waals surface area contributed by atoms with Crippen molar-refractivity contribution in [3.63, 3.8) is 0 Å². The van der Waals surface area contributed by atoms with Gasteiger partial charge in [0, 0.05) is 55.5 Å². The van der Waals surface area contributed by atoms with Gasteiger partial charge in [0.05, 0.1) is 23.8 Å². The molecule has 1 aromatic heterocycles. The lowest BCUT2D eigenvalue weighted by Gasteiger charge is -2.20. The maximum atomic E-state index is 14.4. The van der Waals surface area contributed by atoms with Crippen molar-refractivity contribution in [3.8, 4) is 5.75 Å². The molecule has 11 heteroatoms. The van der Waals surface area contributed by atoms with Crippen molar-refractivity contribution in [3.05, 3.63) is 125 Å². The van der Waals surface area contributed by atoms with Crippen LogP contribution in [0.15, 0.2) is 102 Å². The Labute approximate surface area is 280 Å². The molecule has 1 unspecified atom stereocenters. The average Bonchev–Trinajstić information content (AvgIpc) is 3.67. The molecule has 48 heavy (non-hydrogen) atoms. The van der Waals surface area contributed by atoms with Crippen LogP contribution in [-0.2, 0) is 42.2 Å². The zero-order chi connectivity index (χ0) is 33.7. The fourth-order valence-corrected chi connectivity index (χ4v) is 7.45. The molecular formula is C37H38N2O8S. The second-order valence-corrected chi connectivity index (χ2v) is 13.4. The Morgan fingerprint density at radius 2 is 1.52 bits per heavy atom. The minimum absolute atomic E-state index is 0.00275. The van der Waals surface area contributed by atoms with Gasteiger partial charge < -0.3 is 28.6 Å². The zero-order valence-electron chi connectivity index (χ0n) is 27.1. The van der Waals surface area contributed by atoms with E-state index in [1.54, 1.807) is 60.7 Å². The molecule has 0 spiro atoms. The van der Waals surface area contributed by atoms with Gasteiger partial charge in [-0.15, -0.1) is 0 Å². The van der Waals surface area contributed by atoms with Crippen molar-refractivity contribution < 1.29 is 36.9 Å². The Bertz CT molecular complexity index is 1980. The third-order valence-corrected chi connectivity index (χ3v) is 9.93. The van der Waals surface area contributed by atoms with Crippen molar-refractivity contribution in [2.24, 2.45) is 0 Å². The minimum Gasteiger partial charge on any atom is -0.487 e. The lowest BCUT2D eigenvalue weighted by atomic mass is 9.95. The number of benzene rings is 4. The van der Waals surface area contributed by atoms with Gasteiger partial charge in [0.2, 0.25) is 0 Å². The Balaban J connectivity index is 1.61. The number of fused-ring (bicyclic) bond motifs is 3. The van der Waals surface area contributed by atoms with Crippen LogP contribution in [-0.4, -0.2) is 59.3 Å². The normalized spacial score (nSPS) is 14.4. The highest BCUT2D eigenvalue weighted by Crippen LogP contribution is 2.48. The van der Waals surface area contributed by atoms with Crippen LogP contribution in [0.5, 0.6) is 5.75 Å². The van der Waals surface area contributed by atoms with Gasteiger partial charge in [-0.3, -0.25) is 4.79 Å². The third-order valence-electron chi connectivity index (χ3n) is 8.26. The lowest BCUT2D eigenvalue weighted by Crippen LogP contribution is -2.30. The van der Waals surface area contributed by atoms with Crippen molar-refractivity contribution in [1.29, 1.82) is 0 Å². The van der Waals surface area contributed by atoms with Gasteiger partial charge in [-0.25, -0.2) is 12.4 Å². The highest BCUT2D eigenvalue weighted by atomic mass is 32.2. The average molecular weight is 671 g/mol. The molecule has 6 rings (SSSR count). The minimum atomic E-state index is -4.11. The molecule has 5 aromatic rings. The zero-order valence-corrected chi connectivity index (χ0v) is 27.9. The van der Waals surface area contributed by atoms with E-state index in [4.69, 9.17) is 23.7 Å². The summed E-state index contributed by atoms with van der Waals surface area (Å²) in [6.45, 7) is 2.72. The third kappa shape index (κ3) is 6.73. The molecule has 0 fully saturated rings. The van der Waals surface area contributed by atoms with Crippen LogP contribution in [0.1, 0.15) is 38.5 Å². The van der Waals surface area contributed by atoms with Crippen LogP contribution in [0.3, 0.4) is 0 Å². The number of ether oxygens (including phenoxy) is 5. The number of aromatic nitrogens is 1. The second-order valence-electron chi connectivity index (χ2n) is 11.6. The Hall–Kier alpha value is -4.52. The Morgan fingerprint density at radius 3 is 2.21 bits per heavy atom. The molecule has 0 radical (unpaired) electrons. The van der Waals surface area contributed by atoms with E-state index in [2.05, 4.69) is 0 Å². The van der Waals surface area contributed by atoms with Crippen LogP contribution >= 0.6 is 0 Å². The molecule has 1 aliphatic rings. The molecule has 0 saturated carbocycles. The summed E-state index contributed by atoms with van der Waals surface area (Å²) in [5.74, 6) is -0.193. The predicted molar refractivity (Wildman–Crippen MR) is 182 cm³/mol. The van der Waals surface area contributed by atoms with E-state index in [-0.39, 0.29) is 50.1 Å². The number of rotatable bonds is 14. The number of aryl methyl sites for hydroxylation is 1. The summed E-state index contributed by atoms with van der Waals surface area (Å²) in [7, 11) is -1.04. The first kappa shape index (κ1) is 33.4. The first-order valence-corrected chi connectivity index (χ1v) is 17.0. The summed E-state index contributed by atoms with van der Waals surface area (Å²) >= 11 is 0. The van der Waals surface area contributed by atoms with E-state index in [9.17, 15) is 13.2 Å². The summed E-state index contributed by atoms with van der Waals surface area (Å²) in [5, 5.41) is 0.622. The largest absolute Gasteiger partial charge is 0.487 e. The SMILES string of the molecule is COCOCc1cn(S(=O)(=O)c2ccc(C)cc2)c2c(OCc3ccccc3)cc3c(c12)C(COCOC)CN3C(=O)c1ccccc1. The van der Waals surface area contributed by atoms with E-state index in [0.29, 0.717) is 40.0 Å². The number of anilines is 1. The first-order valence-electron chi connectivity index (χ1n) is 15.5. The molecule has 0 N–H and O–H groups in total. The van der Waals surface area contributed by atoms with E-state index < -0.39 is 10.0 Å². The molecule has 0 aliphatic carbocycles. The number of carbonyl (C=O) groups is 1. The number of methoxy groups -OCH3 is 2. The molecule has 4 aromatic carbocycles. The van der Waals surface area contributed by atoms with Crippen molar-refractivity contribution in [1.82, 2.24) is 3.97 Å². The van der Waals surface area contributed by atoms with Crippen LogP contribution in [0, 0.1) is 6.92 Å². The number of hydrogen-bond donors (Lipinski definition) is 0. The van der Waals surface area contributed by atoms with E-state index in [1.807, 2.05) is 55.5 Å². The summed E-state index contributed by atoms with van der Waals surface area (Å²) < 4.78 is 58.6. The summed E-state index contributed by atoms with van der Waals surface area (Å²) in [6.07, 6.45) is 1.58. The second kappa shape index (κ2) is 14.7.